The van der Waals surface area contributed by atoms with Crippen molar-refractivity contribution in [2.45, 2.75) is 20.4 Å². The van der Waals surface area contributed by atoms with Gasteiger partial charge in [-0.2, -0.15) is 0 Å². The predicted molar refractivity (Wildman–Crippen MR) is 68.4 cm³/mol. The van der Waals surface area contributed by atoms with E-state index in [1.807, 2.05) is 0 Å². The van der Waals surface area contributed by atoms with Crippen LogP contribution in [0.5, 0.6) is 0 Å². The van der Waals surface area contributed by atoms with Crippen LogP contribution in [-0.2, 0) is 6.54 Å². The lowest BCUT2D eigenvalue weighted by molar-refractivity contribution is 0.428. The van der Waals surface area contributed by atoms with Crippen LogP contribution in [0.4, 0.5) is 4.39 Å². The van der Waals surface area contributed by atoms with E-state index in [2.05, 4.69) is 24.3 Å². The molecule has 18 heavy (non-hydrogen) atoms. The van der Waals surface area contributed by atoms with Gasteiger partial charge < -0.3 is 9.84 Å². The summed E-state index contributed by atoms with van der Waals surface area (Å²) in [5, 5.41) is 7.05. The summed E-state index contributed by atoms with van der Waals surface area (Å²) in [5.74, 6) is 0.783. The Bertz CT molecular complexity index is 508. The number of nitrogens with zero attached hydrogens (tertiary/aromatic N) is 1. The minimum Gasteiger partial charge on any atom is -0.356 e. The molecule has 96 valence electrons. The molecule has 0 unspecified atom stereocenters. The summed E-state index contributed by atoms with van der Waals surface area (Å²) >= 11 is 0. The Kier molecular flexibility index (Phi) is 4.10. The molecule has 2 aromatic rings. The number of benzene rings is 1. The first-order valence-electron chi connectivity index (χ1n) is 6.07. The number of halogens is 1. The molecule has 3 nitrogen and oxygen atoms in total. The molecule has 0 fully saturated rings. The van der Waals surface area contributed by atoms with Crippen LogP contribution in [0.2, 0.25) is 0 Å². The molecule has 1 N–H and O–H groups in total. The van der Waals surface area contributed by atoms with E-state index >= 15 is 0 Å². The van der Waals surface area contributed by atoms with Crippen LogP contribution in [0.3, 0.4) is 0 Å². The average molecular weight is 248 g/mol. The van der Waals surface area contributed by atoms with E-state index < -0.39 is 0 Å². The summed E-state index contributed by atoms with van der Waals surface area (Å²) in [6.45, 7) is 5.81. The van der Waals surface area contributed by atoms with Crippen molar-refractivity contribution in [3.63, 3.8) is 0 Å². The Morgan fingerprint density at radius 1 is 1.33 bits per heavy atom. The first-order valence-corrected chi connectivity index (χ1v) is 6.07. The van der Waals surface area contributed by atoms with Gasteiger partial charge in [-0.25, -0.2) is 4.39 Å². The SMILES string of the molecule is CC(C)CNCc1cnoc1-c1ccccc1F. The van der Waals surface area contributed by atoms with Gasteiger partial charge >= 0.3 is 0 Å². The topological polar surface area (TPSA) is 38.1 Å². The second-order valence-corrected chi connectivity index (χ2v) is 4.68. The third kappa shape index (κ3) is 2.96. The maximum atomic E-state index is 13.7. The maximum absolute atomic E-state index is 13.7. The second-order valence-electron chi connectivity index (χ2n) is 4.68. The van der Waals surface area contributed by atoms with Crippen molar-refractivity contribution in [3.8, 4) is 11.3 Å². The largest absolute Gasteiger partial charge is 0.356 e. The molecule has 0 aliphatic heterocycles. The van der Waals surface area contributed by atoms with Crippen LogP contribution >= 0.6 is 0 Å². The highest BCUT2D eigenvalue weighted by Gasteiger charge is 2.14. The van der Waals surface area contributed by atoms with Crippen LogP contribution in [0.1, 0.15) is 19.4 Å². The Morgan fingerprint density at radius 3 is 2.83 bits per heavy atom. The fourth-order valence-corrected chi connectivity index (χ4v) is 1.75. The molecule has 0 bridgehead atoms. The van der Waals surface area contributed by atoms with E-state index in [9.17, 15) is 4.39 Å². The molecule has 0 atom stereocenters. The number of hydrogen-bond acceptors (Lipinski definition) is 3. The summed E-state index contributed by atoms with van der Waals surface area (Å²) in [7, 11) is 0. The molecule has 2 rings (SSSR count). The molecular weight excluding hydrogens is 231 g/mol. The zero-order valence-electron chi connectivity index (χ0n) is 10.6. The summed E-state index contributed by atoms with van der Waals surface area (Å²) < 4.78 is 18.8. The molecule has 1 aromatic heterocycles. The van der Waals surface area contributed by atoms with Gasteiger partial charge in [0.15, 0.2) is 5.76 Å². The van der Waals surface area contributed by atoms with Crippen LogP contribution in [0, 0.1) is 11.7 Å². The van der Waals surface area contributed by atoms with Crippen molar-refractivity contribution >= 4 is 0 Å². The Labute approximate surface area is 106 Å². The minimum absolute atomic E-state index is 0.292. The van der Waals surface area contributed by atoms with E-state index in [4.69, 9.17) is 4.52 Å². The third-order valence-electron chi connectivity index (χ3n) is 2.63. The predicted octanol–water partition coefficient (Wildman–Crippen LogP) is 3.23. The van der Waals surface area contributed by atoms with Gasteiger partial charge in [-0.05, 0) is 24.6 Å². The highest BCUT2D eigenvalue weighted by Crippen LogP contribution is 2.25. The van der Waals surface area contributed by atoms with Gasteiger partial charge in [-0.1, -0.05) is 31.1 Å². The first-order chi connectivity index (χ1) is 8.68. The second kappa shape index (κ2) is 5.78. The molecule has 4 heteroatoms. The lowest BCUT2D eigenvalue weighted by Gasteiger charge is -2.07. The maximum Gasteiger partial charge on any atom is 0.174 e. The van der Waals surface area contributed by atoms with Gasteiger partial charge in [0.05, 0.1) is 11.8 Å². The molecule has 0 radical (unpaired) electrons. The lowest BCUT2D eigenvalue weighted by atomic mass is 10.1. The van der Waals surface area contributed by atoms with Crippen molar-refractivity contribution in [3.05, 3.63) is 41.8 Å². The van der Waals surface area contributed by atoms with Gasteiger partial charge in [0.1, 0.15) is 5.82 Å². The standard InChI is InChI=1S/C14H17FN2O/c1-10(2)7-16-8-11-9-17-18-14(11)12-5-3-4-6-13(12)15/h3-6,9-10,16H,7-8H2,1-2H3. The normalized spacial score (nSPS) is 11.1. The molecule has 0 aliphatic rings. The molecule has 0 amide bonds. The highest BCUT2D eigenvalue weighted by molar-refractivity contribution is 5.61. The molecule has 1 heterocycles. The van der Waals surface area contributed by atoms with Crippen LogP contribution in [0.15, 0.2) is 35.0 Å². The molecule has 0 spiro atoms. The van der Waals surface area contributed by atoms with Gasteiger partial charge in [0, 0.05) is 12.1 Å². The highest BCUT2D eigenvalue weighted by atomic mass is 19.1. The lowest BCUT2D eigenvalue weighted by Crippen LogP contribution is -2.19. The zero-order valence-corrected chi connectivity index (χ0v) is 10.6. The van der Waals surface area contributed by atoms with Gasteiger partial charge in [-0.3, -0.25) is 0 Å². The third-order valence-corrected chi connectivity index (χ3v) is 2.63. The Hall–Kier alpha value is -1.68. The van der Waals surface area contributed by atoms with Crippen LogP contribution in [0.25, 0.3) is 11.3 Å². The Balaban J connectivity index is 2.15. The van der Waals surface area contributed by atoms with E-state index in [1.165, 1.54) is 6.07 Å². The van der Waals surface area contributed by atoms with E-state index in [0.717, 1.165) is 12.1 Å². The monoisotopic (exact) mass is 248 g/mol. The zero-order chi connectivity index (χ0) is 13.0. The van der Waals surface area contributed by atoms with Crippen molar-refractivity contribution in [1.82, 2.24) is 10.5 Å². The summed E-state index contributed by atoms with van der Waals surface area (Å²) in [6.07, 6.45) is 1.63. The van der Waals surface area contributed by atoms with Crippen molar-refractivity contribution in [1.29, 1.82) is 0 Å². The van der Waals surface area contributed by atoms with E-state index in [1.54, 1.807) is 24.4 Å². The number of hydrogen-bond donors (Lipinski definition) is 1. The van der Waals surface area contributed by atoms with Gasteiger partial charge in [0.25, 0.3) is 0 Å². The summed E-state index contributed by atoms with van der Waals surface area (Å²) in [4.78, 5) is 0. The number of nitrogens with one attached hydrogen (secondary N) is 1. The molecule has 0 aliphatic carbocycles. The van der Waals surface area contributed by atoms with Crippen LogP contribution < -0.4 is 5.32 Å². The summed E-state index contributed by atoms with van der Waals surface area (Å²) in [6, 6.07) is 6.56. The van der Waals surface area contributed by atoms with Gasteiger partial charge in [-0.15, -0.1) is 0 Å². The molecular formula is C14H17FN2O. The fraction of sp³-hybridized carbons (Fsp3) is 0.357. The van der Waals surface area contributed by atoms with Crippen molar-refractivity contribution in [2.24, 2.45) is 5.92 Å². The quantitative estimate of drug-likeness (QED) is 0.882. The number of rotatable bonds is 5. The molecule has 0 saturated carbocycles. The van der Waals surface area contributed by atoms with E-state index in [0.29, 0.717) is 23.8 Å². The Morgan fingerprint density at radius 2 is 2.11 bits per heavy atom. The average Bonchev–Trinajstić information content (AvgIpc) is 2.77. The van der Waals surface area contributed by atoms with Crippen molar-refractivity contribution in [2.75, 3.05) is 6.54 Å². The number of aromatic nitrogens is 1. The fourth-order valence-electron chi connectivity index (χ4n) is 1.75. The van der Waals surface area contributed by atoms with E-state index in [-0.39, 0.29) is 5.82 Å². The molecule has 1 aromatic carbocycles. The minimum atomic E-state index is -0.292. The first kappa shape index (κ1) is 12.8. The molecule has 0 saturated heterocycles. The van der Waals surface area contributed by atoms with Gasteiger partial charge in [0.2, 0.25) is 0 Å². The summed E-state index contributed by atoms with van der Waals surface area (Å²) in [5.41, 5.74) is 1.33. The van der Waals surface area contributed by atoms with Crippen molar-refractivity contribution < 1.29 is 8.91 Å². The smallest absolute Gasteiger partial charge is 0.174 e. The van der Waals surface area contributed by atoms with Crippen LogP contribution in [-0.4, -0.2) is 11.7 Å².